The summed E-state index contributed by atoms with van der Waals surface area (Å²) in [5.74, 6) is -1.90. The molecule has 0 radical (unpaired) electrons. The Morgan fingerprint density at radius 1 is 1.57 bits per heavy atom. The van der Waals surface area contributed by atoms with Gasteiger partial charge in [-0.15, -0.1) is 5.10 Å². The second-order valence-corrected chi connectivity index (χ2v) is 6.57. The van der Waals surface area contributed by atoms with Crippen LogP contribution in [0.3, 0.4) is 0 Å². The first-order valence-corrected chi connectivity index (χ1v) is 8.29. The van der Waals surface area contributed by atoms with E-state index in [4.69, 9.17) is 14.2 Å². The van der Waals surface area contributed by atoms with Crippen LogP contribution in [0.15, 0.2) is 0 Å². The Labute approximate surface area is 147 Å². The van der Waals surface area contributed by atoms with Crippen LogP contribution in [0.5, 0.6) is 0 Å². The highest BCUT2D eigenvalue weighted by molar-refractivity contribution is 14.1. The third kappa shape index (κ3) is 4.38. The van der Waals surface area contributed by atoms with Gasteiger partial charge in [-0.05, 0) is 43.4 Å². The van der Waals surface area contributed by atoms with E-state index in [2.05, 4.69) is 10.3 Å². The van der Waals surface area contributed by atoms with Crippen LogP contribution in [0.4, 0.5) is 0 Å². The fourth-order valence-corrected chi connectivity index (χ4v) is 3.03. The number of carbonyl (C=O) groups excluding carboxylic acids is 1. The zero-order valence-corrected chi connectivity index (χ0v) is 15.3. The molecule has 2 N–H and O–H groups in total. The summed E-state index contributed by atoms with van der Waals surface area (Å²) in [4.78, 5) is 11.8. The molecule has 0 aliphatic carbocycles. The van der Waals surface area contributed by atoms with Crippen molar-refractivity contribution in [1.29, 1.82) is 0 Å². The second kappa shape index (κ2) is 7.38. The summed E-state index contributed by atoms with van der Waals surface area (Å²) in [6, 6.07) is 0. The van der Waals surface area contributed by atoms with Gasteiger partial charge in [0.15, 0.2) is 12.0 Å². The van der Waals surface area contributed by atoms with Gasteiger partial charge < -0.3 is 24.4 Å². The van der Waals surface area contributed by atoms with Crippen LogP contribution in [-0.4, -0.2) is 62.4 Å². The van der Waals surface area contributed by atoms with Crippen LogP contribution in [0, 0.1) is 3.70 Å². The quantitative estimate of drug-likeness (QED) is 0.372. The highest BCUT2D eigenvalue weighted by Crippen LogP contribution is 2.33. The van der Waals surface area contributed by atoms with E-state index in [9.17, 15) is 15.0 Å². The maximum atomic E-state index is 11.8. The fraction of sp³-hybridized carbons (Fsp3) is 0.769. The number of hydrogen-bond acceptors (Lipinski definition) is 8. The second-order valence-electron chi connectivity index (χ2n) is 5.54. The summed E-state index contributed by atoms with van der Waals surface area (Å²) in [5, 5.41) is 27.0. The summed E-state index contributed by atoms with van der Waals surface area (Å²) >= 11 is 1.94. The van der Waals surface area contributed by atoms with E-state index in [1.807, 2.05) is 22.6 Å². The van der Waals surface area contributed by atoms with Crippen molar-refractivity contribution >= 4 is 28.6 Å². The van der Waals surface area contributed by atoms with Gasteiger partial charge in [-0.25, -0.2) is 9.48 Å². The molecule has 1 unspecified atom stereocenters. The molecular weight excluding hydrogens is 421 g/mol. The van der Waals surface area contributed by atoms with Gasteiger partial charge in [-0.1, -0.05) is 5.21 Å². The first-order chi connectivity index (χ1) is 10.8. The molecule has 3 atom stereocenters. The van der Waals surface area contributed by atoms with E-state index >= 15 is 0 Å². The average molecular weight is 441 g/mol. The number of halogens is 1. The lowest BCUT2D eigenvalue weighted by molar-refractivity contribution is -0.217. The minimum atomic E-state index is -1.35. The van der Waals surface area contributed by atoms with Crippen molar-refractivity contribution in [2.75, 3.05) is 13.2 Å². The first kappa shape index (κ1) is 18.5. The lowest BCUT2D eigenvalue weighted by atomic mass is 10.1. The molecule has 1 aliphatic rings. The van der Waals surface area contributed by atoms with Crippen molar-refractivity contribution in [2.45, 2.75) is 51.4 Å². The number of carbonyl (C=O) groups is 1. The molecule has 1 aromatic rings. The number of esters is 1. The largest absolute Gasteiger partial charge is 0.461 e. The summed E-state index contributed by atoms with van der Waals surface area (Å²) < 4.78 is 18.0. The molecule has 2 heterocycles. The zero-order chi connectivity index (χ0) is 17.2. The Morgan fingerprint density at radius 2 is 2.26 bits per heavy atom. The molecule has 23 heavy (non-hydrogen) atoms. The summed E-state index contributed by atoms with van der Waals surface area (Å²) in [5.41, 5.74) is 0.114. The van der Waals surface area contributed by atoms with Gasteiger partial charge in [-0.3, -0.25) is 0 Å². The maximum absolute atomic E-state index is 11.8. The molecule has 0 amide bonds. The number of hydrogen-bond donors (Lipinski definition) is 2. The smallest absolute Gasteiger partial charge is 0.361 e. The van der Waals surface area contributed by atoms with Crippen molar-refractivity contribution in [3.05, 3.63) is 9.39 Å². The van der Waals surface area contributed by atoms with E-state index in [0.717, 1.165) is 0 Å². The first-order valence-electron chi connectivity index (χ1n) is 7.21. The third-order valence-electron chi connectivity index (χ3n) is 3.18. The zero-order valence-electron chi connectivity index (χ0n) is 13.1. The molecule has 0 saturated carbocycles. The van der Waals surface area contributed by atoms with Crippen LogP contribution in [0.1, 0.15) is 43.9 Å². The molecule has 1 aliphatic heterocycles. The highest BCUT2D eigenvalue weighted by Gasteiger charge is 2.41. The fourth-order valence-electron chi connectivity index (χ4n) is 2.30. The molecule has 10 heteroatoms. The lowest BCUT2D eigenvalue weighted by Crippen LogP contribution is -2.36. The SMILES string of the molecule is CCOC(=O)c1nnn([C@H]2CC(OC(C)(C)O)[C@@H](CO)O2)c1I. The topological polar surface area (TPSA) is 116 Å². The minimum Gasteiger partial charge on any atom is -0.461 e. The number of ether oxygens (including phenoxy) is 3. The van der Waals surface area contributed by atoms with Gasteiger partial charge in [0, 0.05) is 6.42 Å². The van der Waals surface area contributed by atoms with Gasteiger partial charge in [0.05, 0.1) is 19.3 Å². The Hall–Kier alpha value is -0.820. The van der Waals surface area contributed by atoms with Gasteiger partial charge in [0.1, 0.15) is 9.80 Å². The molecule has 1 fully saturated rings. The van der Waals surface area contributed by atoms with Crippen molar-refractivity contribution in [1.82, 2.24) is 15.0 Å². The van der Waals surface area contributed by atoms with E-state index in [-0.39, 0.29) is 18.9 Å². The van der Waals surface area contributed by atoms with Gasteiger partial charge in [0.2, 0.25) is 5.69 Å². The van der Waals surface area contributed by atoms with Crippen molar-refractivity contribution in [3.63, 3.8) is 0 Å². The molecule has 0 aromatic carbocycles. The Kier molecular flexibility index (Phi) is 5.94. The molecule has 0 spiro atoms. The average Bonchev–Trinajstić information content (AvgIpc) is 3.00. The molecule has 2 rings (SSSR count). The molecular formula is C13H20IN3O6. The molecule has 1 saturated heterocycles. The number of aliphatic hydroxyl groups is 2. The van der Waals surface area contributed by atoms with Crippen LogP contribution in [0.2, 0.25) is 0 Å². The van der Waals surface area contributed by atoms with E-state index in [0.29, 0.717) is 10.1 Å². The van der Waals surface area contributed by atoms with Crippen LogP contribution >= 0.6 is 22.6 Å². The van der Waals surface area contributed by atoms with Crippen LogP contribution in [0.25, 0.3) is 0 Å². The summed E-state index contributed by atoms with van der Waals surface area (Å²) in [6.07, 6.45) is -1.30. The van der Waals surface area contributed by atoms with Crippen LogP contribution < -0.4 is 0 Å². The van der Waals surface area contributed by atoms with Gasteiger partial charge in [0.25, 0.3) is 0 Å². The van der Waals surface area contributed by atoms with Gasteiger partial charge in [-0.2, -0.15) is 0 Å². The number of aliphatic hydroxyl groups excluding tert-OH is 1. The Balaban J connectivity index is 2.15. The minimum absolute atomic E-state index is 0.114. The van der Waals surface area contributed by atoms with Crippen molar-refractivity contribution in [2.24, 2.45) is 0 Å². The lowest BCUT2D eigenvalue weighted by Gasteiger charge is -2.25. The van der Waals surface area contributed by atoms with Gasteiger partial charge >= 0.3 is 5.97 Å². The Morgan fingerprint density at radius 3 is 2.83 bits per heavy atom. The number of aromatic nitrogens is 3. The molecule has 130 valence electrons. The molecule has 0 bridgehead atoms. The third-order valence-corrected chi connectivity index (χ3v) is 4.18. The summed E-state index contributed by atoms with van der Waals surface area (Å²) in [6.45, 7) is 4.71. The van der Waals surface area contributed by atoms with E-state index in [1.165, 1.54) is 18.5 Å². The monoisotopic (exact) mass is 441 g/mol. The number of rotatable bonds is 6. The van der Waals surface area contributed by atoms with Crippen molar-refractivity contribution in [3.8, 4) is 0 Å². The van der Waals surface area contributed by atoms with Crippen LogP contribution in [-0.2, 0) is 14.2 Å². The highest BCUT2D eigenvalue weighted by atomic mass is 127. The molecule has 9 nitrogen and oxygen atoms in total. The predicted molar refractivity (Wildman–Crippen MR) is 85.5 cm³/mol. The normalized spacial score (nSPS) is 24.9. The predicted octanol–water partition coefficient (Wildman–Crippen LogP) is 0.453. The molecule has 1 aromatic heterocycles. The number of nitrogens with zero attached hydrogens (tertiary/aromatic N) is 3. The van der Waals surface area contributed by atoms with E-state index in [1.54, 1.807) is 6.92 Å². The standard InChI is InChI=1S/C13H20IN3O6/c1-4-21-12(19)10-11(14)17(16-15-10)9-5-7(8(6-18)22-9)23-13(2,3)20/h7-9,18,20H,4-6H2,1-3H3/t7?,8-,9-/m1/s1. The van der Waals surface area contributed by atoms with E-state index < -0.39 is 30.2 Å². The van der Waals surface area contributed by atoms with Crippen molar-refractivity contribution < 1.29 is 29.2 Å². The maximum Gasteiger partial charge on any atom is 0.361 e. The summed E-state index contributed by atoms with van der Waals surface area (Å²) in [7, 11) is 0. The Bertz CT molecular complexity index is 558.